The van der Waals surface area contributed by atoms with Crippen LogP contribution in [0.1, 0.15) is 22.4 Å². The molecule has 2 aromatic carbocycles. The molecular weight excluding hydrogens is 391 g/mol. The molecule has 0 aliphatic heterocycles. The molecule has 3 aromatic rings. The summed E-state index contributed by atoms with van der Waals surface area (Å²) in [6.45, 7) is 6.03. The van der Waals surface area contributed by atoms with Crippen molar-refractivity contribution in [2.75, 3.05) is 6.54 Å². The van der Waals surface area contributed by atoms with E-state index in [0.717, 1.165) is 22.2 Å². The highest BCUT2D eigenvalue weighted by molar-refractivity contribution is 7.89. The molecule has 3 rings (SSSR count). The van der Waals surface area contributed by atoms with Crippen molar-refractivity contribution in [1.82, 2.24) is 9.71 Å². The number of nitrogens with one attached hydrogen (secondary N) is 2. The van der Waals surface area contributed by atoms with Gasteiger partial charge in [0, 0.05) is 28.2 Å². The van der Waals surface area contributed by atoms with E-state index < -0.39 is 10.0 Å². The van der Waals surface area contributed by atoms with Gasteiger partial charge in [-0.3, -0.25) is 0 Å². The summed E-state index contributed by atoms with van der Waals surface area (Å²) in [6.07, 6.45) is 0.582. The normalized spacial score (nSPS) is 12.0. The Labute approximate surface area is 163 Å². The van der Waals surface area contributed by atoms with E-state index in [9.17, 15) is 8.42 Å². The van der Waals surface area contributed by atoms with Crippen molar-refractivity contribution in [3.8, 4) is 0 Å². The second kappa shape index (κ2) is 7.24. The number of fused-ring (bicyclic) bond motifs is 1. The van der Waals surface area contributed by atoms with Crippen molar-refractivity contribution in [3.05, 3.63) is 62.8 Å². The Kier molecular flexibility index (Phi) is 5.35. The van der Waals surface area contributed by atoms with Crippen molar-refractivity contribution in [1.29, 1.82) is 0 Å². The van der Waals surface area contributed by atoms with Gasteiger partial charge in [-0.2, -0.15) is 0 Å². The highest BCUT2D eigenvalue weighted by atomic mass is 35.5. The number of benzene rings is 2. The number of hydrogen-bond donors (Lipinski definition) is 2. The number of rotatable bonds is 5. The number of H-pyrrole nitrogens is 1. The maximum Gasteiger partial charge on any atom is 0.242 e. The fourth-order valence-electron chi connectivity index (χ4n) is 3.10. The van der Waals surface area contributed by atoms with Crippen LogP contribution in [-0.4, -0.2) is 19.9 Å². The van der Waals surface area contributed by atoms with Gasteiger partial charge in [-0.05, 0) is 56.0 Å². The Balaban J connectivity index is 1.81. The van der Waals surface area contributed by atoms with E-state index in [0.29, 0.717) is 17.0 Å². The fraction of sp³-hybridized carbons (Fsp3) is 0.263. The largest absolute Gasteiger partial charge is 0.358 e. The van der Waals surface area contributed by atoms with E-state index >= 15 is 0 Å². The Morgan fingerprint density at radius 2 is 1.81 bits per heavy atom. The number of halogens is 2. The van der Waals surface area contributed by atoms with E-state index in [1.54, 1.807) is 13.0 Å². The molecular formula is C19H20Cl2N2O2S. The molecule has 0 fully saturated rings. The van der Waals surface area contributed by atoms with Gasteiger partial charge in [-0.15, -0.1) is 0 Å². The Morgan fingerprint density at radius 1 is 1.08 bits per heavy atom. The lowest BCUT2D eigenvalue weighted by Gasteiger charge is -2.11. The van der Waals surface area contributed by atoms with Gasteiger partial charge in [-0.1, -0.05) is 41.4 Å². The first-order valence-electron chi connectivity index (χ1n) is 8.23. The van der Waals surface area contributed by atoms with Crippen LogP contribution in [0.4, 0.5) is 0 Å². The van der Waals surface area contributed by atoms with Gasteiger partial charge in [0.15, 0.2) is 0 Å². The molecule has 4 nitrogen and oxygen atoms in total. The van der Waals surface area contributed by atoms with Crippen molar-refractivity contribution in [2.24, 2.45) is 0 Å². The highest BCUT2D eigenvalue weighted by Gasteiger charge is 2.20. The number of aryl methyl sites for hydroxylation is 2. The summed E-state index contributed by atoms with van der Waals surface area (Å²) in [4.78, 5) is 3.43. The molecule has 0 unspecified atom stereocenters. The van der Waals surface area contributed by atoms with Crippen molar-refractivity contribution in [3.63, 3.8) is 0 Å². The highest BCUT2D eigenvalue weighted by Crippen LogP contribution is 2.30. The van der Waals surface area contributed by atoms with Crippen LogP contribution in [0.5, 0.6) is 0 Å². The smallest absolute Gasteiger partial charge is 0.242 e. The number of aromatic nitrogens is 1. The van der Waals surface area contributed by atoms with Gasteiger partial charge in [0.25, 0.3) is 0 Å². The maximum absolute atomic E-state index is 12.6. The summed E-state index contributed by atoms with van der Waals surface area (Å²) in [7, 11) is -3.71. The Morgan fingerprint density at radius 3 is 2.54 bits per heavy atom. The van der Waals surface area contributed by atoms with Gasteiger partial charge >= 0.3 is 0 Å². The summed E-state index contributed by atoms with van der Waals surface area (Å²) in [5.74, 6) is 0. The minimum absolute atomic E-state index is 0.0487. The first-order chi connectivity index (χ1) is 12.2. The number of para-hydroxylation sites is 1. The second-order valence-corrected chi connectivity index (χ2v) is 8.88. The van der Waals surface area contributed by atoms with E-state index in [1.165, 1.54) is 11.6 Å². The molecule has 26 heavy (non-hydrogen) atoms. The van der Waals surface area contributed by atoms with Crippen LogP contribution < -0.4 is 4.72 Å². The summed E-state index contributed by atoms with van der Waals surface area (Å²) >= 11 is 12.2. The zero-order chi connectivity index (χ0) is 19.1. The SMILES string of the molecule is Cc1[nH]c2c(C)cccc2c1CCNS(=O)(=O)c1ccc(Cl)c(C)c1Cl. The van der Waals surface area contributed by atoms with Crippen LogP contribution in [0.15, 0.2) is 35.2 Å². The molecule has 1 heterocycles. The predicted molar refractivity (Wildman–Crippen MR) is 108 cm³/mol. The van der Waals surface area contributed by atoms with E-state index in [1.807, 2.05) is 13.0 Å². The molecule has 0 atom stereocenters. The molecule has 0 aliphatic carbocycles. The number of hydrogen-bond acceptors (Lipinski definition) is 2. The van der Waals surface area contributed by atoms with Gasteiger partial charge in [0.1, 0.15) is 4.90 Å². The van der Waals surface area contributed by atoms with E-state index in [-0.39, 0.29) is 16.5 Å². The van der Waals surface area contributed by atoms with Gasteiger partial charge in [0.2, 0.25) is 10.0 Å². The van der Waals surface area contributed by atoms with Gasteiger partial charge < -0.3 is 4.98 Å². The lowest BCUT2D eigenvalue weighted by Crippen LogP contribution is -2.26. The molecule has 0 amide bonds. The minimum atomic E-state index is -3.71. The molecule has 0 radical (unpaired) electrons. The lowest BCUT2D eigenvalue weighted by molar-refractivity contribution is 0.581. The number of sulfonamides is 1. The third-order valence-electron chi connectivity index (χ3n) is 4.60. The van der Waals surface area contributed by atoms with Gasteiger partial charge in [-0.25, -0.2) is 13.1 Å². The molecule has 138 valence electrons. The average Bonchev–Trinajstić information content (AvgIpc) is 2.90. The molecule has 0 bridgehead atoms. The summed E-state index contributed by atoms with van der Waals surface area (Å²) in [5.41, 5.74) is 4.98. The lowest BCUT2D eigenvalue weighted by atomic mass is 10.1. The van der Waals surface area contributed by atoms with Crippen molar-refractivity contribution >= 4 is 44.1 Å². The van der Waals surface area contributed by atoms with Crippen LogP contribution in [0.25, 0.3) is 10.9 Å². The fourth-order valence-corrected chi connectivity index (χ4v) is 4.94. The molecule has 1 aromatic heterocycles. The molecule has 0 spiro atoms. The topological polar surface area (TPSA) is 62.0 Å². The van der Waals surface area contributed by atoms with Crippen LogP contribution in [0.2, 0.25) is 10.0 Å². The van der Waals surface area contributed by atoms with Crippen LogP contribution >= 0.6 is 23.2 Å². The minimum Gasteiger partial charge on any atom is -0.358 e. The molecule has 0 saturated carbocycles. The Bertz CT molecular complexity index is 1090. The van der Waals surface area contributed by atoms with Crippen LogP contribution in [0, 0.1) is 20.8 Å². The summed E-state index contributed by atoms with van der Waals surface area (Å²) in [6, 6.07) is 9.09. The monoisotopic (exact) mass is 410 g/mol. The van der Waals surface area contributed by atoms with E-state index in [4.69, 9.17) is 23.2 Å². The zero-order valence-corrected chi connectivity index (χ0v) is 17.1. The number of aromatic amines is 1. The predicted octanol–water partition coefficient (Wildman–Crippen LogP) is 4.92. The zero-order valence-electron chi connectivity index (χ0n) is 14.8. The first kappa shape index (κ1) is 19.2. The standard InChI is InChI=1S/C19H20Cl2N2O2S/c1-11-5-4-6-15-14(13(3)23-19(11)15)9-10-22-26(24,25)17-8-7-16(20)12(2)18(17)21/h4-8,22-23H,9-10H2,1-3H3. The maximum atomic E-state index is 12.6. The Hall–Kier alpha value is -1.53. The van der Waals surface area contributed by atoms with Crippen molar-refractivity contribution in [2.45, 2.75) is 32.1 Å². The van der Waals surface area contributed by atoms with Crippen LogP contribution in [0.3, 0.4) is 0 Å². The van der Waals surface area contributed by atoms with Crippen molar-refractivity contribution < 1.29 is 8.42 Å². The molecule has 0 aliphatic rings. The van der Waals surface area contributed by atoms with Gasteiger partial charge in [0.05, 0.1) is 5.02 Å². The van der Waals surface area contributed by atoms with Crippen LogP contribution in [-0.2, 0) is 16.4 Å². The quantitative estimate of drug-likeness (QED) is 0.626. The van der Waals surface area contributed by atoms with E-state index in [2.05, 4.69) is 28.8 Å². The average molecular weight is 411 g/mol. The third kappa shape index (κ3) is 3.49. The summed E-state index contributed by atoms with van der Waals surface area (Å²) in [5, 5.41) is 1.73. The third-order valence-corrected chi connectivity index (χ3v) is 7.12. The molecule has 2 N–H and O–H groups in total. The summed E-state index contributed by atoms with van der Waals surface area (Å²) < 4.78 is 27.8. The first-order valence-corrected chi connectivity index (χ1v) is 10.5. The second-order valence-electron chi connectivity index (χ2n) is 6.36. The molecule has 7 heteroatoms. The molecule has 0 saturated heterocycles.